The summed E-state index contributed by atoms with van der Waals surface area (Å²) in [4.78, 5) is 11.9. The molecule has 2 heterocycles. The second-order valence-electron chi connectivity index (χ2n) is 6.62. The minimum Gasteiger partial charge on any atom is -0.309 e. The minimum absolute atomic E-state index is 0.137. The molecule has 2 N–H and O–H groups in total. The van der Waals surface area contributed by atoms with Crippen LogP contribution in [0.3, 0.4) is 0 Å². The molecule has 2 aromatic rings. The van der Waals surface area contributed by atoms with Crippen molar-refractivity contribution in [3.63, 3.8) is 0 Å². The first-order valence-corrected chi connectivity index (χ1v) is 7.10. The lowest BCUT2D eigenvalue weighted by atomic mass is 9.79. The summed E-state index contributed by atoms with van der Waals surface area (Å²) in [6.45, 7) is 6.04. The van der Waals surface area contributed by atoms with Crippen LogP contribution in [0.25, 0.3) is 0 Å². The molecular weight excluding hydrogens is 288 g/mol. The molecule has 0 fully saturated rings. The lowest BCUT2D eigenvalue weighted by Crippen LogP contribution is -2.26. The number of hydrogen-bond acceptors (Lipinski definition) is 2. The number of rotatable bonds is 1. The van der Waals surface area contributed by atoms with E-state index < -0.39 is 17.6 Å². The lowest BCUT2D eigenvalue weighted by molar-refractivity contribution is -0.116. The number of halogens is 2. The van der Waals surface area contributed by atoms with E-state index in [1.54, 1.807) is 0 Å². The van der Waals surface area contributed by atoms with Crippen molar-refractivity contribution in [3.05, 3.63) is 46.7 Å². The lowest BCUT2D eigenvalue weighted by Gasteiger charge is -2.27. The number of amides is 1. The predicted molar refractivity (Wildman–Crippen MR) is 78.7 cm³/mol. The number of aromatic nitrogens is 2. The standard InChI is InChI=1S/C16H17F2N3O/c1-16(2,3)14-13-11(7-12(22)19-15(13)21-20-14)8-4-9(17)6-10(18)5-8/h4-6,11H,7H2,1-3H3,(H2,19,20,21,22). The van der Waals surface area contributed by atoms with Crippen molar-refractivity contribution < 1.29 is 13.6 Å². The summed E-state index contributed by atoms with van der Waals surface area (Å²) in [5.41, 5.74) is 1.88. The van der Waals surface area contributed by atoms with Crippen molar-refractivity contribution in [3.8, 4) is 0 Å². The molecule has 0 radical (unpaired) electrons. The third kappa shape index (κ3) is 2.49. The first-order chi connectivity index (χ1) is 10.3. The molecule has 0 spiro atoms. The molecule has 116 valence electrons. The Morgan fingerprint density at radius 2 is 1.82 bits per heavy atom. The number of carbonyl (C=O) groups is 1. The van der Waals surface area contributed by atoms with Gasteiger partial charge in [-0.25, -0.2) is 8.78 Å². The Labute approximate surface area is 126 Å². The van der Waals surface area contributed by atoms with Crippen LogP contribution in [0.2, 0.25) is 0 Å². The van der Waals surface area contributed by atoms with Crippen LogP contribution >= 0.6 is 0 Å². The Morgan fingerprint density at radius 1 is 1.18 bits per heavy atom. The van der Waals surface area contributed by atoms with Crippen molar-refractivity contribution in [1.82, 2.24) is 10.2 Å². The molecule has 1 aliphatic rings. The van der Waals surface area contributed by atoms with Gasteiger partial charge in [-0.1, -0.05) is 20.8 Å². The van der Waals surface area contributed by atoms with Crippen LogP contribution < -0.4 is 5.32 Å². The molecule has 22 heavy (non-hydrogen) atoms. The molecule has 0 saturated carbocycles. The Morgan fingerprint density at radius 3 is 2.41 bits per heavy atom. The van der Waals surface area contributed by atoms with Crippen molar-refractivity contribution in [1.29, 1.82) is 0 Å². The van der Waals surface area contributed by atoms with E-state index in [1.165, 1.54) is 12.1 Å². The van der Waals surface area contributed by atoms with Gasteiger partial charge in [-0.2, -0.15) is 5.10 Å². The highest BCUT2D eigenvalue weighted by Gasteiger charge is 2.35. The second kappa shape index (κ2) is 4.90. The normalized spacial score (nSPS) is 18.0. The van der Waals surface area contributed by atoms with Crippen LogP contribution in [-0.4, -0.2) is 16.1 Å². The monoisotopic (exact) mass is 305 g/mol. The van der Waals surface area contributed by atoms with Gasteiger partial charge in [0.15, 0.2) is 5.82 Å². The SMILES string of the molecule is CC(C)(C)c1[nH]nc2c1C(c1cc(F)cc(F)c1)CC(=O)N2. The predicted octanol–water partition coefficient (Wildman–Crippen LogP) is 3.46. The fourth-order valence-corrected chi connectivity index (χ4v) is 2.89. The van der Waals surface area contributed by atoms with Crippen LogP contribution in [0.15, 0.2) is 18.2 Å². The van der Waals surface area contributed by atoms with E-state index in [0.717, 1.165) is 17.3 Å². The van der Waals surface area contributed by atoms with Gasteiger partial charge < -0.3 is 5.32 Å². The third-order valence-electron chi connectivity index (χ3n) is 3.84. The van der Waals surface area contributed by atoms with Crippen LogP contribution in [0.5, 0.6) is 0 Å². The zero-order valence-corrected chi connectivity index (χ0v) is 12.6. The summed E-state index contributed by atoms with van der Waals surface area (Å²) in [5, 5.41) is 9.82. The molecule has 0 aliphatic carbocycles. The van der Waals surface area contributed by atoms with E-state index in [9.17, 15) is 13.6 Å². The minimum atomic E-state index is -0.650. The maximum absolute atomic E-state index is 13.6. The summed E-state index contributed by atoms with van der Waals surface area (Å²) in [7, 11) is 0. The number of hydrogen-bond donors (Lipinski definition) is 2. The number of nitrogens with zero attached hydrogens (tertiary/aromatic N) is 1. The van der Waals surface area contributed by atoms with Crippen molar-refractivity contribution in [2.24, 2.45) is 0 Å². The van der Waals surface area contributed by atoms with Crippen molar-refractivity contribution in [2.75, 3.05) is 5.32 Å². The van der Waals surface area contributed by atoms with E-state index in [4.69, 9.17) is 0 Å². The van der Waals surface area contributed by atoms with Crippen LogP contribution in [0, 0.1) is 11.6 Å². The topological polar surface area (TPSA) is 57.8 Å². The highest BCUT2D eigenvalue weighted by atomic mass is 19.1. The van der Waals surface area contributed by atoms with Gasteiger partial charge in [0, 0.05) is 35.1 Å². The van der Waals surface area contributed by atoms with E-state index in [0.29, 0.717) is 11.4 Å². The molecule has 0 bridgehead atoms. The average Bonchev–Trinajstić information content (AvgIpc) is 2.79. The molecule has 1 atom stereocenters. The molecule has 3 rings (SSSR count). The van der Waals surface area contributed by atoms with E-state index in [2.05, 4.69) is 15.5 Å². The molecule has 6 heteroatoms. The number of aromatic amines is 1. The quantitative estimate of drug-likeness (QED) is 0.847. The van der Waals surface area contributed by atoms with E-state index >= 15 is 0 Å². The summed E-state index contributed by atoms with van der Waals surface area (Å²) in [6, 6.07) is 3.37. The van der Waals surface area contributed by atoms with Gasteiger partial charge in [0.1, 0.15) is 11.6 Å². The van der Waals surface area contributed by atoms with Gasteiger partial charge in [-0.15, -0.1) is 0 Å². The van der Waals surface area contributed by atoms with Crippen molar-refractivity contribution >= 4 is 11.7 Å². The van der Waals surface area contributed by atoms with Crippen molar-refractivity contribution in [2.45, 2.75) is 38.5 Å². The number of fused-ring (bicyclic) bond motifs is 1. The number of anilines is 1. The van der Waals surface area contributed by atoms with E-state index in [-0.39, 0.29) is 17.7 Å². The zero-order valence-electron chi connectivity index (χ0n) is 12.6. The molecule has 4 nitrogen and oxygen atoms in total. The van der Waals surface area contributed by atoms with Crippen LogP contribution in [0.1, 0.15) is 49.9 Å². The fraction of sp³-hybridized carbons (Fsp3) is 0.375. The number of benzene rings is 1. The third-order valence-corrected chi connectivity index (χ3v) is 3.84. The van der Waals surface area contributed by atoms with Gasteiger partial charge in [0.05, 0.1) is 0 Å². The fourth-order valence-electron chi connectivity index (χ4n) is 2.89. The summed E-state index contributed by atoms with van der Waals surface area (Å²) in [6.07, 6.45) is 0.137. The number of H-pyrrole nitrogens is 1. The first kappa shape index (κ1) is 14.7. The summed E-state index contributed by atoms with van der Waals surface area (Å²) >= 11 is 0. The summed E-state index contributed by atoms with van der Waals surface area (Å²) in [5.74, 6) is -1.49. The molecular formula is C16H17F2N3O. The second-order valence-corrected chi connectivity index (χ2v) is 6.62. The van der Waals surface area contributed by atoms with Crippen LogP contribution in [-0.2, 0) is 10.2 Å². The highest BCUT2D eigenvalue weighted by Crippen LogP contribution is 2.41. The Hall–Kier alpha value is -2.24. The van der Waals surface area contributed by atoms with E-state index in [1.807, 2.05) is 20.8 Å². The Balaban J connectivity index is 2.18. The maximum atomic E-state index is 13.6. The Bertz CT molecular complexity index is 726. The average molecular weight is 305 g/mol. The molecule has 1 amide bonds. The molecule has 1 aromatic carbocycles. The van der Waals surface area contributed by atoms with Gasteiger partial charge in [-0.3, -0.25) is 9.89 Å². The van der Waals surface area contributed by atoms with Gasteiger partial charge >= 0.3 is 0 Å². The zero-order chi connectivity index (χ0) is 16.1. The molecule has 0 saturated heterocycles. The van der Waals surface area contributed by atoms with Gasteiger partial charge in [-0.05, 0) is 17.7 Å². The maximum Gasteiger partial charge on any atom is 0.226 e. The number of nitrogens with one attached hydrogen (secondary N) is 2. The largest absolute Gasteiger partial charge is 0.309 e. The highest BCUT2D eigenvalue weighted by molar-refractivity contribution is 5.94. The molecule has 1 unspecified atom stereocenters. The van der Waals surface area contributed by atoms with Gasteiger partial charge in [0.25, 0.3) is 0 Å². The molecule has 1 aromatic heterocycles. The number of carbonyl (C=O) groups excluding carboxylic acids is 1. The smallest absolute Gasteiger partial charge is 0.226 e. The summed E-state index contributed by atoms with van der Waals surface area (Å²) < 4.78 is 27.1. The first-order valence-electron chi connectivity index (χ1n) is 7.10. The van der Waals surface area contributed by atoms with Crippen LogP contribution in [0.4, 0.5) is 14.6 Å². The molecule has 1 aliphatic heterocycles. The van der Waals surface area contributed by atoms with Gasteiger partial charge in [0.2, 0.25) is 5.91 Å². The Kier molecular flexibility index (Phi) is 3.27.